The van der Waals surface area contributed by atoms with Crippen molar-refractivity contribution < 1.29 is 18.5 Å². The topological polar surface area (TPSA) is 104 Å². The lowest BCUT2D eigenvalue weighted by Crippen LogP contribution is -2.05. The maximum atomic E-state index is 12.2. The van der Waals surface area contributed by atoms with E-state index in [2.05, 4.69) is 20.3 Å². The normalized spacial score (nSPS) is 11.0. The third-order valence-electron chi connectivity index (χ3n) is 4.01. The molecular formula is C19H16N4O4S. The molecule has 0 saturated heterocycles. The monoisotopic (exact) mass is 396 g/mol. The molecule has 0 aliphatic carbocycles. The molecule has 0 fully saturated rings. The average Bonchev–Trinajstić information content (AvgIpc) is 3.39. The molecule has 142 valence electrons. The molecule has 0 aliphatic heterocycles. The zero-order valence-corrected chi connectivity index (χ0v) is 16.2. The van der Waals surface area contributed by atoms with E-state index in [0.29, 0.717) is 27.6 Å². The van der Waals surface area contributed by atoms with Crippen molar-refractivity contribution in [3.8, 4) is 22.7 Å². The second-order valence-corrected chi connectivity index (χ2v) is 7.26. The van der Waals surface area contributed by atoms with Crippen LogP contribution in [0, 0.1) is 20.8 Å². The van der Waals surface area contributed by atoms with Gasteiger partial charge in [-0.15, -0.1) is 21.5 Å². The van der Waals surface area contributed by atoms with Crippen LogP contribution in [0.15, 0.2) is 39.3 Å². The standard InChI is InChI=1S/C19H16N4O4S/c1-10-17(28-12(3)20-10)19(24)25-9-14-21-22-18(26-14)15-11(2)27-23-16(15)13-7-5-4-6-8-13/h4-8H,9H2,1-3H3. The minimum atomic E-state index is -0.464. The Labute approximate surface area is 164 Å². The number of rotatable bonds is 5. The molecule has 0 saturated carbocycles. The molecule has 28 heavy (non-hydrogen) atoms. The Balaban J connectivity index is 1.53. The van der Waals surface area contributed by atoms with Gasteiger partial charge >= 0.3 is 5.97 Å². The maximum absolute atomic E-state index is 12.2. The van der Waals surface area contributed by atoms with Gasteiger partial charge < -0.3 is 13.7 Å². The van der Waals surface area contributed by atoms with E-state index >= 15 is 0 Å². The van der Waals surface area contributed by atoms with Gasteiger partial charge in [0.25, 0.3) is 11.8 Å². The predicted molar refractivity (Wildman–Crippen MR) is 101 cm³/mol. The van der Waals surface area contributed by atoms with Crippen LogP contribution >= 0.6 is 11.3 Å². The zero-order valence-electron chi connectivity index (χ0n) is 15.4. The van der Waals surface area contributed by atoms with Crippen LogP contribution in [0.3, 0.4) is 0 Å². The fourth-order valence-corrected chi connectivity index (χ4v) is 3.56. The van der Waals surface area contributed by atoms with Crippen LogP contribution in [0.4, 0.5) is 0 Å². The molecule has 4 rings (SSSR count). The molecule has 0 unspecified atom stereocenters. The highest BCUT2D eigenvalue weighted by molar-refractivity contribution is 7.13. The van der Waals surface area contributed by atoms with Crippen LogP contribution < -0.4 is 0 Å². The Morgan fingerprint density at radius 3 is 2.64 bits per heavy atom. The summed E-state index contributed by atoms with van der Waals surface area (Å²) in [5.74, 6) is 0.533. The van der Waals surface area contributed by atoms with Gasteiger partial charge in [-0.1, -0.05) is 35.5 Å². The van der Waals surface area contributed by atoms with E-state index in [1.54, 1.807) is 13.8 Å². The minimum absolute atomic E-state index is 0.132. The average molecular weight is 396 g/mol. The van der Waals surface area contributed by atoms with Crippen LogP contribution in [0.5, 0.6) is 0 Å². The second kappa shape index (κ2) is 7.35. The van der Waals surface area contributed by atoms with Crippen molar-refractivity contribution in [1.82, 2.24) is 20.3 Å². The van der Waals surface area contributed by atoms with Gasteiger partial charge in [0.05, 0.1) is 10.7 Å². The quantitative estimate of drug-likeness (QED) is 0.464. The maximum Gasteiger partial charge on any atom is 0.350 e. The van der Waals surface area contributed by atoms with E-state index in [-0.39, 0.29) is 18.4 Å². The molecule has 0 spiro atoms. The van der Waals surface area contributed by atoms with Gasteiger partial charge in [-0.3, -0.25) is 0 Å². The van der Waals surface area contributed by atoms with Crippen LogP contribution in [-0.2, 0) is 11.3 Å². The summed E-state index contributed by atoms with van der Waals surface area (Å²) in [6.07, 6.45) is 0. The molecule has 3 heterocycles. The fourth-order valence-electron chi connectivity index (χ4n) is 2.74. The summed E-state index contributed by atoms with van der Waals surface area (Å²) < 4.78 is 16.3. The van der Waals surface area contributed by atoms with Crippen LogP contribution in [0.25, 0.3) is 22.7 Å². The summed E-state index contributed by atoms with van der Waals surface area (Å²) in [5, 5.41) is 12.9. The molecule has 8 nitrogen and oxygen atoms in total. The molecule has 0 radical (unpaired) electrons. The highest BCUT2D eigenvalue weighted by Crippen LogP contribution is 2.33. The Morgan fingerprint density at radius 1 is 1.14 bits per heavy atom. The SMILES string of the molecule is Cc1nc(C)c(C(=O)OCc2nnc(-c3c(-c4ccccc4)noc3C)o2)s1. The second-order valence-electron chi connectivity index (χ2n) is 6.05. The van der Waals surface area contributed by atoms with Gasteiger partial charge in [0.1, 0.15) is 21.9 Å². The Hall–Kier alpha value is -3.33. The summed E-state index contributed by atoms with van der Waals surface area (Å²) in [7, 11) is 0. The summed E-state index contributed by atoms with van der Waals surface area (Å²) in [6.45, 7) is 5.25. The van der Waals surface area contributed by atoms with Crippen molar-refractivity contribution in [2.24, 2.45) is 0 Å². The van der Waals surface area contributed by atoms with Gasteiger partial charge in [0.2, 0.25) is 0 Å². The number of esters is 1. The van der Waals surface area contributed by atoms with Crippen molar-refractivity contribution in [3.05, 3.63) is 57.6 Å². The number of aromatic nitrogens is 4. The number of carbonyl (C=O) groups is 1. The first-order chi connectivity index (χ1) is 13.5. The van der Waals surface area contributed by atoms with Crippen LogP contribution in [0.1, 0.15) is 32.0 Å². The molecule has 0 bridgehead atoms. The Kier molecular flexibility index (Phi) is 4.74. The third kappa shape index (κ3) is 3.44. The van der Waals surface area contributed by atoms with Crippen LogP contribution in [-0.4, -0.2) is 26.3 Å². The lowest BCUT2D eigenvalue weighted by Gasteiger charge is -2.00. The predicted octanol–water partition coefficient (Wildman–Crippen LogP) is 4.13. The number of hydrogen-bond donors (Lipinski definition) is 0. The van der Waals surface area contributed by atoms with Crippen molar-refractivity contribution in [2.75, 3.05) is 0 Å². The lowest BCUT2D eigenvalue weighted by atomic mass is 10.1. The van der Waals surface area contributed by atoms with Crippen molar-refractivity contribution in [3.63, 3.8) is 0 Å². The van der Waals surface area contributed by atoms with E-state index in [9.17, 15) is 4.79 Å². The lowest BCUT2D eigenvalue weighted by molar-refractivity contribution is 0.0443. The first-order valence-electron chi connectivity index (χ1n) is 8.48. The largest absolute Gasteiger partial charge is 0.451 e. The molecule has 0 aliphatic rings. The van der Waals surface area contributed by atoms with Gasteiger partial charge in [-0.25, -0.2) is 9.78 Å². The summed E-state index contributed by atoms with van der Waals surface area (Å²) in [6, 6.07) is 9.57. The first kappa shape index (κ1) is 18.1. The van der Waals surface area contributed by atoms with E-state index in [4.69, 9.17) is 13.7 Å². The molecule has 4 aromatic rings. The highest BCUT2D eigenvalue weighted by atomic mass is 32.1. The highest BCUT2D eigenvalue weighted by Gasteiger charge is 2.23. The molecule has 0 N–H and O–H groups in total. The van der Waals surface area contributed by atoms with E-state index in [1.165, 1.54) is 11.3 Å². The number of aryl methyl sites for hydroxylation is 3. The Bertz CT molecular complexity index is 1130. The van der Waals surface area contributed by atoms with Gasteiger partial charge in [0, 0.05) is 5.56 Å². The molecule has 9 heteroatoms. The number of thiazole rings is 1. The molecule has 1 aromatic carbocycles. The molecule has 0 amide bonds. The number of ether oxygens (including phenoxy) is 1. The smallest absolute Gasteiger partial charge is 0.350 e. The van der Waals surface area contributed by atoms with Gasteiger partial charge in [0.15, 0.2) is 6.61 Å². The zero-order chi connectivity index (χ0) is 19.7. The van der Waals surface area contributed by atoms with Crippen molar-refractivity contribution >= 4 is 17.3 Å². The van der Waals surface area contributed by atoms with Crippen LogP contribution in [0.2, 0.25) is 0 Å². The Morgan fingerprint density at radius 2 is 1.93 bits per heavy atom. The number of hydrogen-bond acceptors (Lipinski definition) is 9. The molecule has 0 atom stereocenters. The van der Waals surface area contributed by atoms with E-state index in [1.807, 2.05) is 37.3 Å². The summed E-state index contributed by atoms with van der Waals surface area (Å²) >= 11 is 1.29. The van der Waals surface area contributed by atoms with Gasteiger partial charge in [-0.2, -0.15) is 0 Å². The summed E-state index contributed by atoms with van der Waals surface area (Å²) in [4.78, 5) is 16.9. The third-order valence-corrected chi connectivity index (χ3v) is 5.06. The van der Waals surface area contributed by atoms with Crippen molar-refractivity contribution in [1.29, 1.82) is 0 Å². The molecule has 3 aromatic heterocycles. The molecular weight excluding hydrogens is 380 g/mol. The van der Waals surface area contributed by atoms with E-state index < -0.39 is 5.97 Å². The summed E-state index contributed by atoms with van der Waals surface area (Å²) in [5.41, 5.74) is 2.74. The van der Waals surface area contributed by atoms with Crippen molar-refractivity contribution in [2.45, 2.75) is 27.4 Å². The number of nitrogens with zero attached hydrogens (tertiary/aromatic N) is 4. The van der Waals surface area contributed by atoms with E-state index in [0.717, 1.165) is 10.6 Å². The van der Waals surface area contributed by atoms with Gasteiger partial charge in [-0.05, 0) is 20.8 Å². The number of benzene rings is 1. The number of carbonyl (C=O) groups excluding carboxylic acids is 1. The fraction of sp³-hybridized carbons (Fsp3) is 0.211. The minimum Gasteiger partial charge on any atom is -0.451 e. The first-order valence-corrected chi connectivity index (χ1v) is 9.30.